The maximum atomic E-state index is 13.5. The zero-order valence-electron chi connectivity index (χ0n) is 15.4. The Kier molecular flexibility index (Phi) is 5.46. The number of aromatic nitrogens is 3. The second-order valence-electron chi connectivity index (χ2n) is 6.22. The van der Waals surface area contributed by atoms with Crippen molar-refractivity contribution in [3.8, 4) is 17.1 Å². The van der Waals surface area contributed by atoms with Crippen LogP contribution in [0.25, 0.3) is 16.3 Å². The molecule has 0 radical (unpaired) electrons. The van der Waals surface area contributed by atoms with Gasteiger partial charge < -0.3 is 10.1 Å². The van der Waals surface area contributed by atoms with Gasteiger partial charge in [0.15, 0.2) is 5.82 Å². The molecule has 9 heteroatoms. The monoisotopic (exact) mass is 430 g/mol. The van der Waals surface area contributed by atoms with Crippen molar-refractivity contribution in [2.75, 3.05) is 13.7 Å². The Bertz CT molecular complexity index is 1190. The van der Waals surface area contributed by atoms with Crippen molar-refractivity contribution in [3.05, 3.63) is 69.9 Å². The number of nitrogens with zero attached hydrogens (tertiary/aromatic N) is 3. The smallest absolute Gasteiger partial charge is 0.255 e. The first-order valence-electron chi connectivity index (χ1n) is 8.76. The maximum absolute atomic E-state index is 13.5. The molecular formula is C20H16ClFN4O2S. The van der Waals surface area contributed by atoms with Gasteiger partial charge in [-0.2, -0.15) is 4.98 Å². The standard InChI is InChI=1S/C20H16ClFN4O2S/c1-28-17-6-5-13(21)10-16(17)19(27)23-8-7-15-11-29-20-24-18(25-26(15)20)12-3-2-4-14(22)9-12/h2-6,9-11H,7-8H2,1H3,(H,23,27). The number of halogens is 2. The van der Waals surface area contributed by atoms with Gasteiger partial charge in [0, 0.05) is 28.9 Å². The van der Waals surface area contributed by atoms with Crippen molar-refractivity contribution >= 4 is 33.8 Å². The molecule has 6 nitrogen and oxygen atoms in total. The summed E-state index contributed by atoms with van der Waals surface area (Å²) < 4.78 is 20.4. The average molecular weight is 431 g/mol. The largest absolute Gasteiger partial charge is 0.496 e. The summed E-state index contributed by atoms with van der Waals surface area (Å²) in [5, 5.41) is 9.75. The lowest BCUT2D eigenvalue weighted by atomic mass is 10.2. The number of nitrogens with one attached hydrogen (secondary N) is 1. The molecule has 0 spiro atoms. The summed E-state index contributed by atoms with van der Waals surface area (Å²) in [6.07, 6.45) is 0.556. The minimum Gasteiger partial charge on any atom is -0.496 e. The summed E-state index contributed by atoms with van der Waals surface area (Å²) in [5.74, 6) is 0.320. The minimum atomic E-state index is -0.333. The van der Waals surface area contributed by atoms with E-state index in [-0.39, 0.29) is 11.7 Å². The summed E-state index contributed by atoms with van der Waals surface area (Å²) in [6.45, 7) is 0.398. The molecule has 0 aliphatic carbocycles. The van der Waals surface area contributed by atoms with Crippen LogP contribution in [0.5, 0.6) is 5.75 Å². The van der Waals surface area contributed by atoms with Crippen LogP contribution in [-0.4, -0.2) is 34.2 Å². The lowest BCUT2D eigenvalue weighted by molar-refractivity contribution is 0.0951. The predicted octanol–water partition coefficient (Wildman–Crippen LogP) is 4.23. The van der Waals surface area contributed by atoms with Crippen LogP contribution in [0, 0.1) is 5.82 Å². The topological polar surface area (TPSA) is 68.5 Å². The highest BCUT2D eigenvalue weighted by molar-refractivity contribution is 7.15. The van der Waals surface area contributed by atoms with Gasteiger partial charge >= 0.3 is 0 Å². The van der Waals surface area contributed by atoms with E-state index in [4.69, 9.17) is 16.3 Å². The number of methoxy groups -OCH3 is 1. The Labute approximate surface area is 174 Å². The van der Waals surface area contributed by atoms with Crippen LogP contribution in [0.2, 0.25) is 5.02 Å². The number of hydrogen-bond donors (Lipinski definition) is 1. The first-order valence-corrected chi connectivity index (χ1v) is 10.0. The molecular weight excluding hydrogens is 415 g/mol. The molecule has 0 atom stereocenters. The van der Waals surface area contributed by atoms with Gasteiger partial charge in [-0.25, -0.2) is 8.91 Å². The normalized spacial score (nSPS) is 11.0. The van der Waals surface area contributed by atoms with E-state index in [2.05, 4.69) is 15.4 Å². The third-order valence-corrected chi connectivity index (χ3v) is 5.41. The fourth-order valence-electron chi connectivity index (χ4n) is 2.90. The van der Waals surface area contributed by atoms with E-state index in [9.17, 15) is 9.18 Å². The number of carbonyl (C=O) groups excluding carboxylic acids is 1. The van der Waals surface area contributed by atoms with Gasteiger partial charge in [-0.3, -0.25) is 4.79 Å². The molecule has 0 saturated carbocycles. The van der Waals surface area contributed by atoms with Gasteiger partial charge in [-0.05, 0) is 30.3 Å². The number of fused-ring (bicyclic) bond motifs is 1. The molecule has 0 saturated heterocycles. The van der Waals surface area contributed by atoms with Gasteiger partial charge in [0.25, 0.3) is 5.91 Å². The van der Waals surface area contributed by atoms with Crippen LogP contribution in [0.15, 0.2) is 47.8 Å². The SMILES string of the molecule is COc1ccc(Cl)cc1C(=O)NCCc1csc2nc(-c3cccc(F)c3)nn12. The lowest BCUT2D eigenvalue weighted by Crippen LogP contribution is -2.26. The molecule has 4 aromatic rings. The van der Waals surface area contributed by atoms with E-state index in [1.807, 2.05) is 5.38 Å². The molecule has 4 rings (SSSR count). The van der Waals surface area contributed by atoms with Crippen molar-refractivity contribution in [1.29, 1.82) is 0 Å². The number of carbonyl (C=O) groups is 1. The molecule has 1 N–H and O–H groups in total. The van der Waals surface area contributed by atoms with Crippen LogP contribution >= 0.6 is 22.9 Å². The molecule has 0 unspecified atom stereocenters. The van der Waals surface area contributed by atoms with Gasteiger partial charge in [-0.15, -0.1) is 16.4 Å². The average Bonchev–Trinajstić information content (AvgIpc) is 3.29. The fraction of sp³-hybridized carbons (Fsp3) is 0.150. The molecule has 148 valence electrons. The molecule has 0 bridgehead atoms. The van der Waals surface area contributed by atoms with Crippen molar-refractivity contribution in [3.63, 3.8) is 0 Å². The molecule has 29 heavy (non-hydrogen) atoms. The lowest BCUT2D eigenvalue weighted by Gasteiger charge is -2.09. The fourth-order valence-corrected chi connectivity index (χ4v) is 3.93. The van der Waals surface area contributed by atoms with E-state index >= 15 is 0 Å². The number of rotatable bonds is 6. The Morgan fingerprint density at radius 3 is 2.97 bits per heavy atom. The zero-order chi connectivity index (χ0) is 20.4. The van der Waals surface area contributed by atoms with Crippen LogP contribution in [-0.2, 0) is 6.42 Å². The summed E-state index contributed by atoms with van der Waals surface area (Å²) in [4.78, 5) is 17.6. The quantitative estimate of drug-likeness (QED) is 0.497. The molecule has 2 heterocycles. The van der Waals surface area contributed by atoms with Gasteiger partial charge in [0.05, 0.1) is 18.4 Å². The van der Waals surface area contributed by atoms with Crippen LogP contribution < -0.4 is 10.1 Å². The summed E-state index contributed by atoms with van der Waals surface area (Å²) >= 11 is 7.43. The molecule has 0 fully saturated rings. The third kappa shape index (κ3) is 4.08. The molecule has 0 aliphatic rings. The molecule has 0 aliphatic heterocycles. The Hall–Kier alpha value is -2.97. The highest BCUT2D eigenvalue weighted by Gasteiger charge is 2.15. The summed E-state index contributed by atoms with van der Waals surface area (Å²) in [7, 11) is 1.50. The highest BCUT2D eigenvalue weighted by Crippen LogP contribution is 2.23. The van der Waals surface area contributed by atoms with E-state index in [1.54, 1.807) is 34.8 Å². The van der Waals surface area contributed by atoms with Gasteiger partial charge in [0.2, 0.25) is 4.96 Å². The Morgan fingerprint density at radius 1 is 1.31 bits per heavy atom. The summed E-state index contributed by atoms with van der Waals surface area (Å²) in [6, 6.07) is 11.1. The number of benzene rings is 2. The second kappa shape index (κ2) is 8.18. The van der Waals surface area contributed by atoms with Crippen molar-refractivity contribution < 1.29 is 13.9 Å². The number of ether oxygens (including phenoxy) is 1. The Morgan fingerprint density at radius 2 is 2.17 bits per heavy atom. The van der Waals surface area contributed by atoms with Crippen LogP contribution in [0.4, 0.5) is 4.39 Å². The van der Waals surface area contributed by atoms with E-state index in [0.717, 1.165) is 5.69 Å². The molecule has 1 amide bonds. The minimum absolute atomic E-state index is 0.269. The maximum Gasteiger partial charge on any atom is 0.255 e. The van der Waals surface area contributed by atoms with E-state index < -0.39 is 0 Å². The van der Waals surface area contributed by atoms with Crippen molar-refractivity contribution in [2.45, 2.75) is 6.42 Å². The van der Waals surface area contributed by atoms with Crippen LogP contribution in [0.1, 0.15) is 16.1 Å². The first-order chi connectivity index (χ1) is 14.0. The highest BCUT2D eigenvalue weighted by atomic mass is 35.5. The van der Waals surface area contributed by atoms with E-state index in [0.29, 0.717) is 45.6 Å². The van der Waals surface area contributed by atoms with E-state index in [1.165, 1.54) is 30.6 Å². The van der Waals surface area contributed by atoms with Gasteiger partial charge in [-0.1, -0.05) is 23.7 Å². The number of thiazole rings is 1. The molecule has 2 aromatic heterocycles. The van der Waals surface area contributed by atoms with Crippen molar-refractivity contribution in [2.24, 2.45) is 0 Å². The van der Waals surface area contributed by atoms with Crippen molar-refractivity contribution in [1.82, 2.24) is 19.9 Å². The zero-order valence-corrected chi connectivity index (χ0v) is 16.9. The number of amides is 1. The van der Waals surface area contributed by atoms with Gasteiger partial charge in [0.1, 0.15) is 11.6 Å². The van der Waals surface area contributed by atoms with Crippen LogP contribution in [0.3, 0.4) is 0 Å². The number of hydrogen-bond acceptors (Lipinski definition) is 5. The Balaban J connectivity index is 1.46. The third-order valence-electron chi connectivity index (χ3n) is 4.31. The molecule has 2 aromatic carbocycles. The first kappa shape index (κ1) is 19.4. The predicted molar refractivity (Wildman–Crippen MR) is 110 cm³/mol. The summed E-state index contributed by atoms with van der Waals surface area (Å²) in [5.41, 5.74) is 1.90. The second-order valence-corrected chi connectivity index (χ2v) is 7.49.